The van der Waals surface area contributed by atoms with Crippen LogP contribution in [0.15, 0.2) is 23.4 Å². The monoisotopic (exact) mass is 263 g/mol. The van der Waals surface area contributed by atoms with Crippen LogP contribution in [0, 0.1) is 12.8 Å². The number of benzene rings is 1. The molecule has 0 aliphatic heterocycles. The van der Waals surface area contributed by atoms with Crippen molar-refractivity contribution < 1.29 is 5.21 Å². The minimum atomic E-state index is 0.152. The van der Waals surface area contributed by atoms with E-state index in [2.05, 4.69) is 24.3 Å². The second-order valence-electron chi connectivity index (χ2n) is 5.34. The summed E-state index contributed by atoms with van der Waals surface area (Å²) in [7, 11) is 0. The molecular weight excluding hydrogens is 238 g/mol. The van der Waals surface area contributed by atoms with E-state index in [1.807, 2.05) is 25.1 Å². The Morgan fingerprint density at radius 1 is 1.42 bits per heavy atom. The Morgan fingerprint density at radius 3 is 2.74 bits per heavy atom. The zero-order valence-corrected chi connectivity index (χ0v) is 12.1. The van der Waals surface area contributed by atoms with Crippen LogP contribution in [0.1, 0.15) is 43.4 Å². The molecule has 4 heteroatoms. The van der Waals surface area contributed by atoms with Crippen LogP contribution in [0.2, 0.25) is 0 Å². The number of hydrogen-bond acceptors (Lipinski definition) is 3. The minimum Gasteiger partial charge on any atom is -0.409 e. The van der Waals surface area contributed by atoms with E-state index in [1.54, 1.807) is 0 Å². The van der Waals surface area contributed by atoms with Gasteiger partial charge in [0.05, 0.1) is 0 Å². The second-order valence-corrected chi connectivity index (χ2v) is 5.34. The fraction of sp³-hybridized carbons (Fsp3) is 0.533. The van der Waals surface area contributed by atoms with E-state index < -0.39 is 0 Å². The van der Waals surface area contributed by atoms with Crippen LogP contribution in [0.5, 0.6) is 0 Å². The Labute approximate surface area is 115 Å². The molecule has 4 N–H and O–H groups in total. The van der Waals surface area contributed by atoms with Crippen LogP contribution in [-0.4, -0.2) is 17.6 Å². The second kappa shape index (κ2) is 7.79. The Hall–Kier alpha value is -1.55. The first-order valence-electron chi connectivity index (χ1n) is 6.82. The Morgan fingerprint density at radius 2 is 2.16 bits per heavy atom. The van der Waals surface area contributed by atoms with Gasteiger partial charge in [0.1, 0.15) is 0 Å². The van der Waals surface area contributed by atoms with Crippen LogP contribution >= 0.6 is 0 Å². The largest absolute Gasteiger partial charge is 0.409 e. The van der Waals surface area contributed by atoms with Gasteiger partial charge in [0, 0.05) is 12.1 Å². The molecule has 0 saturated carbocycles. The Kier molecular flexibility index (Phi) is 6.36. The Bertz CT molecular complexity index is 427. The van der Waals surface area contributed by atoms with Gasteiger partial charge < -0.3 is 16.3 Å². The molecule has 0 spiro atoms. The summed E-state index contributed by atoms with van der Waals surface area (Å²) in [6.07, 6.45) is 2.47. The van der Waals surface area contributed by atoms with Crippen LogP contribution in [0.25, 0.3) is 0 Å². The summed E-state index contributed by atoms with van der Waals surface area (Å²) in [5, 5.41) is 15.1. The van der Waals surface area contributed by atoms with Crippen molar-refractivity contribution in [1.82, 2.24) is 5.32 Å². The molecule has 0 radical (unpaired) electrons. The molecule has 0 bridgehead atoms. The lowest BCUT2D eigenvalue weighted by Gasteiger charge is -2.10. The average molecular weight is 263 g/mol. The van der Waals surface area contributed by atoms with E-state index in [4.69, 9.17) is 10.9 Å². The highest BCUT2D eigenvalue weighted by Gasteiger charge is 2.03. The SMILES string of the molecule is Cc1cc(/C(N)=N/O)ccc1CNCCCC(C)C. The van der Waals surface area contributed by atoms with Gasteiger partial charge in [0.25, 0.3) is 0 Å². The van der Waals surface area contributed by atoms with Crippen molar-refractivity contribution in [2.24, 2.45) is 16.8 Å². The molecular formula is C15H25N3O. The highest BCUT2D eigenvalue weighted by molar-refractivity contribution is 5.97. The van der Waals surface area contributed by atoms with Crippen LogP contribution < -0.4 is 11.1 Å². The smallest absolute Gasteiger partial charge is 0.170 e. The van der Waals surface area contributed by atoms with E-state index in [0.29, 0.717) is 0 Å². The van der Waals surface area contributed by atoms with E-state index in [1.165, 1.54) is 18.4 Å². The molecule has 0 saturated heterocycles. The highest BCUT2D eigenvalue weighted by atomic mass is 16.4. The Balaban J connectivity index is 2.47. The van der Waals surface area contributed by atoms with Gasteiger partial charge in [0.15, 0.2) is 5.84 Å². The third-order valence-corrected chi connectivity index (χ3v) is 3.20. The first-order chi connectivity index (χ1) is 9.04. The first kappa shape index (κ1) is 15.5. The van der Waals surface area contributed by atoms with Crippen LogP contribution in [0.4, 0.5) is 0 Å². The molecule has 0 aromatic heterocycles. The molecule has 4 nitrogen and oxygen atoms in total. The summed E-state index contributed by atoms with van der Waals surface area (Å²) >= 11 is 0. The predicted molar refractivity (Wildman–Crippen MR) is 79.5 cm³/mol. The molecule has 0 amide bonds. The maximum absolute atomic E-state index is 8.64. The number of amidine groups is 1. The lowest BCUT2D eigenvalue weighted by atomic mass is 10.0. The summed E-state index contributed by atoms with van der Waals surface area (Å²) in [4.78, 5) is 0. The van der Waals surface area contributed by atoms with Gasteiger partial charge in [-0.2, -0.15) is 0 Å². The zero-order chi connectivity index (χ0) is 14.3. The summed E-state index contributed by atoms with van der Waals surface area (Å²) in [6, 6.07) is 5.85. The van der Waals surface area contributed by atoms with Crippen molar-refractivity contribution >= 4 is 5.84 Å². The number of nitrogens with zero attached hydrogens (tertiary/aromatic N) is 1. The summed E-state index contributed by atoms with van der Waals surface area (Å²) in [6.45, 7) is 8.44. The van der Waals surface area contributed by atoms with Gasteiger partial charge in [-0.15, -0.1) is 0 Å². The fourth-order valence-electron chi connectivity index (χ4n) is 1.97. The average Bonchev–Trinajstić information content (AvgIpc) is 2.38. The van der Waals surface area contributed by atoms with Crippen molar-refractivity contribution in [2.75, 3.05) is 6.54 Å². The van der Waals surface area contributed by atoms with Crippen molar-refractivity contribution in [2.45, 2.75) is 40.2 Å². The predicted octanol–water partition coefficient (Wildman–Crippen LogP) is 2.62. The van der Waals surface area contributed by atoms with Gasteiger partial charge in [0.2, 0.25) is 0 Å². The molecule has 1 aromatic rings. The topological polar surface area (TPSA) is 70.6 Å². The fourth-order valence-corrected chi connectivity index (χ4v) is 1.97. The number of nitrogens with one attached hydrogen (secondary N) is 1. The van der Waals surface area contributed by atoms with Crippen molar-refractivity contribution in [3.8, 4) is 0 Å². The van der Waals surface area contributed by atoms with Gasteiger partial charge in [-0.25, -0.2) is 0 Å². The maximum Gasteiger partial charge on any atom is 0.170 e. The third-order valence-electron chi connectivity index (χ3n) is 3.20. The number of rotatable bonds is 7. The lowest BCUT2D eigenvalue weighted by molar-refractivity contribution is 0.318. The maximum atomic E-state index is 8.64. The molecule has 106 valence electrons. The summed E-state index contributed by atoms with van der Waals surface area (Å²) in [5.74, 6) is 0.920. The van der Waals surface area contributed by atoms with E-state index >= 15 is 0 Å². The summed E-state index contributed by atoms with van der Waals surface area (Å²) in [5.41, 5.74) is 8.72. The van der Waals surface area contributed by atoms with Gasteiger partial charge in [-0.05, 0) is 49.4 Å². The molecule has 0 aliphatic rings. The quantitative estimate of drug-likeness (QED) is 0.233. The molecule has 0 unspecified atom stereocenters. The zero-order valence-electron chi connectivity index (χ0n) is 12.1. The lowest BCUT2D eigenvalue weighted by Crippen LogP contribution is -2.17. The molecule has 19 heavy (non-hydrogen) atoms. The molecule has 1 aromatic carbocycles. The molecule has 0 aliphatic carbocycles. The van der Waals surface area contributed by atoms with Gasteiger partial charge in [-0.3, -0.25) is 0 Å². The normalized spacial score (nSPS) is 12.1. The molecule has 0 heterocycles. The highest BCUT2D eigenvalue weighted by Crippen LogP contribution is 2.11. The number of aryl methyl sites for hydroxylation is 1. The van der Waals surface area contributed by atoms with Crippen LogP contribution in [-0.2, 0) is 6.54 Å². The van der Waals surface area contributed by atoms with E-state index in [0.717, 1.165) is 30.1 Å². The molecule has 0 atom stereocenters. The van der Waals surface area contributed by atoms with Crippen LogP contribution in [0.3, 0.4) is 0 Å². The van der Waals surface area contributed by atoms with Gasteiger partial charge in [-0.1, -0.05) is 31.1 Å². The van der Waals surface area contributed by atoms with Crippen molar-refractivity contribution in [3.05, 3.63) is 34.9 Å². The standard InChI is InChI=1S/C15H25N3O/c1-11(2)5-4-8-17-10-14-7-6-13(9-12(14)3)15(16)18-19/h6-7,9,11,17,19H,4-5,8,10H2,1-3H3,(H2,16,18). The van der Waals surface area contributed by atoms with Crippen molar-refractivity contribution in [1.29, 1.82) is 0 Å². The van der Waals surface area contributed by atoms with Gasteiger partial charge >= 0.3 is 0 Å². The number of hydrogen-bond donors (Lipinski definition) is 3. The van der Waals surface area contributed by atoms with E-state index in [-0.39, 0.29) is 5.84 Å². The minimum absolute atomic E-state index is 0.152. The van der Waals surface area contributed by atoms with E-state index in [9.17, 15) is 0 Å². The summed E-state index contributed by atoms with van der Waals surface area (Å²) < 4.78 is 0. The first-order valence-corrected chi connectivity index (χ1v) is 6.82. The molecule has 1 rings (SSSR count). The molecule has 0 fully saturated rings. The third kappa shape index (κ3) is 5.30. The number of nitrogens with two attached hydrogens (primary N) is 1. The number of oxime groups is 1. The van der Waals surface area contributed by atoms with Crippen molar-refractivity contribution in [3.63, 3.8) is 0 Å².